The molecule has 3 N–H and O–H groups in total. The van der Waals surface area contributed by atoms with Crippen molar-refractivity contribution in [1.82, 2.24) is 10.6 Å². The zero-order valence-electron chi connectivity index (χ0n) is 14.8. The highest BCUT2D eigenvalue weighted by Gasteiger charge is 2.08. The molecule has 0 aliphatic heterocycles. The summed E-state index contributed by atoms with van der Waals surface area (Å²) in [4.78, 5) is 4.22. The Morgan fingerprint density at radius 3 is 2.52 bits per heavy atom. The lowest BCUT2D eigenvalue weighted by atomic mass is 10.0. The average molecular weight is 455 g/mol. The van der Waals surface area contributed by atoms with Crippen LogP contribution < -0.4 is 15.4 Å². The number of phenols is 1. The zero-order chi connectivity index (χ0) is 17.4. The van der Waals surface area contributed by atoms with Gasteiger partial charge in [0.15, 0.2) is 5.96 Å². The number of benzene rings is 2. The van der Waals surface area contributed by atoms with Crippen LogP contribution in [0.2, 0.25) is 0 Å². The molecule has 5 nitrogen and oxygen atoms in total. The van der Waals surface area contributed by atoms with Crippen LogP contribution in [0.5, 0.6) is 11.5 Å². The number of phenolic OH excluding ortho intramolecular Hbond substituents is 1. The molecule has 0 saturated carbocycles. The zero-order valence-corrected chi connectivity index (χ0v) is 17.2. The molecular formula is C19H26IN3O2. The topological polar surface area (TPSA) is 65.9 Å². The first-order valence-electron chi connectivity index (χ1n) is 7.99. The number of methoxy groups -OCH3 is 1. The summed E-state index contributed by atoms with van der Waals surface area (Å²) in [5.41, 5.74) is 2.04. The Kier molecular flexibility index (Phi) is 9.12. The molecule has 0 radical (unpaired) electrons. The Bertz CT molecular complexity index is 678. The van der Waals surface area contributed by atoms with E-state index >= 15 is 0 Å². The van der Waals surface area contributed by atoms with E-state index in [1.165, 1.54) is 5.56 Å². The van der Waals surface area contributed by atoms with Gasteiger partial charge in [0.2, 0.25) is 0 Å². The van der Waals surface area contributed by atoms with E-state index < -0.39 is 0 Å². The number of hydrogen-bond donors (Lipinski definition) is 3. The number of guanidine groups is 1. The van der Waals surface area contributed by atoms with Gasteiger partial charge >= 0.3 is 0 Å². The molecule has 2 aromatic carbocycles. The van der Waals surface area contributed by atoms with Crippen LogP contribution in [0, 0.1) is 0 Å². The molecule has 0 aromatic heterocycles. The molecule has 2 rings (SSSR count). The molecular weight excluding hydrogens is 429 g/mol. The van der Waals surface area contributed by atoms with Crippen molar-refractivity contribution in [2.45, 2.75) is 19.4 Å². The monoisotopic (exact) mass is 455 g/mol. The minimum absolute atomic E-state index is 0. The van der Waals surface area contributed by atoms with Gasteiger partial charge in [0.05, 0.1) is 7.11 Å². The van der Waals surface area contributed by atoms with E-state index in [4.69, 9.17) is 4.74 Å². The SMILES string of the molecule is CN=C(NCc1cc(OC)ccc1O)NCC(C)c1ccccc1.I. The highest BCUT2D eigenvalue weighted by Crippen LogP contribution is 2.22. The van der Waals surface area contributed by atoms with Crippen LogP contribution in [0.3, 0.4) is 0 Å². The van der Waals surface area contributed by atoms with E-state index in [1.807, 2.05) is 24.3 Å². The molecule has 0 spiro atoms. The van der Waals surface area contributed by atoms with Crippen molar-refractivity contribution in [3.05, 3.63) is 59.7 Å². The van der Waals surface area contributed by atoms with Gasteiger partial charge in [0.1, 0.15) is 11.5 Å². The third-order valence-electron chi connectivity index (χ3n) is 3.90. The number of aliphatic imine (C=N–C) groups is 1. The molecule has 0 fully saturated rings. The van der Waals surface area contributed by atoms with Crippen molar-refractivity contribution >= 4 is 29.9 Å². The largest absolute Gasteiger partial charge is 0.508 e. The minimum Gasteiger partial charge on any atom is -0.508 e. The Labute approximate surface area is 166 Å². The van der Waals surface area contributed by atoms with Crippen LogP contribution in [0.15, 0.2) is 53.5 Å². The summed E-state index contributed by atoms with van der Waals surface area (Å²) in [6.07, 6.45) is 0. The van der Waals surface area contributed by atoms with E-state index in [0.717, 1.165) is 12.1 Å². The van der Waals surface area contributed by atoms with E-state index in [9.17, 15) is 5.11 Å². The van der Waals surface area contributed by atoms with E-state index in [0.29, 0.717) is 24.2 Å². The molecule has 0 saturated heterocycles. The van der Waals surface area contributed by atoms with Crippen LogP contribution >= 0.6 is 24.0 Å². The van der Waals surface area contributed by atoms with Crippen LogP contribution in [-0.2, 0) is 6.54 Å². The number of ether oxygens (including phenoxy) is 1. The third kappa shape index (κ3) is 6.45. The molecule has 136 valence electrons. The van der Waals surface area contributed by atoms with Crippen molar-refractivity contribution in [2.75, 3.05) is 20.7 Å². The van der Waals surface area contributed by atoms with Crippen molar-refractivity contribution < 1.29 is 9.84 Å². The second kappa shape index (κ2) is 10.8. The van der Waals surface area contributed by atoms with Gasteiger partial charge in [0.25, 0.3) is 0 Å². The fourth-order valence-electron chi connectivity index (χ4n) is 2.38. The fourth-order valence-corrected chi connectivity index (χ4v) is 2.38. The average Bonchev–Trinajstić information content (AvgIpc) is 2.63. The standard InChI is InChI=1S/C19H25N3O2.HI/c1-14(15-7-5-4-6-8-15)12-21-19(20-2)22-13-16-11-17(24-3)9-10-18(16)23;/h4-11,14,23H,12-13H2,1-3H3,(H2,20,21,22);1H. The number of nitrogens with one attached hydrogen (secondary N) is 2. The Morgan fingerprint density at radius 2 is 1.88 bits per heavy atom. The second-order valence-electron chi connectivity index (χ2n) is 5.61. The van der Waals surface area contributed by atoms with E-state index in [1.54, 1.807) is 26.3 Å². The molecule has 0 bridgehead atoms. The van der Waals surface area contributed by atoms with Crippen LogP contribution in [0.4, 0.5) is 0 Å². The molecule has 6 heteroatoms. The smallest absolute Gasteiger partial charge is 0.191 e. The summed E-state index contributed by atoms with van der Waals surface area (Å²) in [5, 5.41) is 16.4. The van der Waals surface area contributed by atoms with E-state index in [2.05, 4.69) is 34.7 Å². The number of nitrogens with zero attached hydrogens (tertiary/aromatic N) is 1. The molecule has 0 amide bonds. The van der Waals surface area contributed by atoms with Crippen LogP contribution in [0.25, 0.3) is 0 Å². The Hall–Kier alpha value is -1.96. The maximum Gasteiger partial charge on any atom is 0.191 e. The van der Waals surface area contributed by atoms with Crippen molar-refractivity contribution in [2.24, 2.45) is 4.99 Å². The van der Waals surface area contributed by atoms with Gasteiger partial charge in [-0.15, -0.1) is 24.0 Å². The maximum atomic E-state index is 9.93. The van der Waals surface area contributed by atoms with Gasteiger partial charge in [-0.1, -0.05) is 37.3 Å². The van der Waals surface area contributed by atoms with Crippen LogP contribution in [0.1, 0.15) is 24.0 Å². The second-order valence-corrected chi connectivity index (χ2v) is 5.61. The first-order valence-corrected chi connectivity index (χ1v) is 7.99. The molecule has 1 unspecified atom stereocenters. The number of halogens is 1. The number of aromatic hydroxyl groups is 1. The predicted octanol–water partition coefficient (Wildman–Crippen LogP) is 3.49. The van der Waals surface area contributed by atoms with Gasteiger partial charge in [-0.05, 0) is 29.7 Å². The van der Waals surface area contributed by atoms with Crippen LogP contribution in [-0.4, -0.2) is 31.8 Å². The lowest BCUT2D eigenvalue weighted by Crippen LogP contribution is -2.38. The summed E-state index contributed by atoms with van der Waals surface area (Å²) in [7, 11) is 3.34. The minimum atomic E-state index is 0. The highest BCUT2D eigenvalue weighted by atomic mass is 127. The number of rotatable bonds is 6. The third-order valence-corrected chi connectivity index (χ3v) is 3.90. The number of hydrogen-bond acceptors (Lipinski definition) is 3. The first-order chi connectivity index (χ1) is 11.6. The van der Waals surface area contributed by atoms with Gasteiger partial charge in [0, 0.05) is 25.7 Å². The summed E-state index contributed by atoms with van der Waals surface area (Å²) >= 11 is 0. The molecule has 0 aliphatic rings. The molecule has 2 aromatic rings. The highest BCUT2D eigenvalue weighted by molar-refractivity contribution is 14.0. The fraction of sp³-hybridized carbons (Fsp3) is 0.316. The predicted molar refractivity (Wildman–Crippen MR) is 113 cm³/mol. The Balaban J connectivity index is 0.00000312. The summed E-state index contributed by atoms with van der Waals surface area (Å²) < 4.78 is 5.19. The van der Waals surface area contributed by atoms with Crippen molar-refractivity contribution in [3.8, 4) is 11.5 Å². The molecule has 1 atom stereocenters. The normalized spacial score (nSPS) is 12.0. The summed E-state index contributed by atoms with van der Waals surface area (Å²) in [6.45, 7) is 3.40. The maximum absolute atomic E-state index is 9.93. The Morgan fingerprint density at radius 1 is 1.16 bits per heavy atom. The lowest BCUT2D eigenvalue weighted by molar-refractivity contribution is 0.410. The quantitative estimate of drug-likeness (QED) is 0.355. The molecule has 25 heavy (non-hydrogen) atoms. The van der Waals surface area contributed by atoms with Gasteiger partial charge in [-0.2, -0.15) is 0 Å². The molecule has 0 heterocycles. The van der Waals surface area contributed by atoms with Gasteiger partial charge in [-0.25, -0.2) is 0 Å². The lowest BCUT2D eigenvalue weighted by Gasteiger charge is -2.17. The van der Waals surface area contributed by atoms with Gasteiger partial charge < -0.3 is 20.5 Å². The van der Waals surface area contributed by atoms with Gasteiger partial charge in [-0.3, -0.25) is 4.99 Å². The summed E-state index contributed by atoms with van der Waals surface area (Å²) in [6, 6.07) is 15.5. The van der Waals surface area contributed by atoms with Crippen molar-refractivity contribution in [1.29, 1.82) is 0 Å². The first kappa shape index (κ1) is 21.1. The van der Waals surface area contributed by atoms with E-state index in [-0.39, 0.29) is 29.7 Å². The van der Waals surface area contributed by atoms with Crippen molar-refractivity contribution in [3.63, 3.8) is 0 Å². The molecule has 0 aliphatic carbocycles. The summed E-state index contributed by atoms with van der Waals surface area (Å²) in [5.74, 6) is 2.01.